The van der Waals surface area contributed by atoms with Crippen molar-refractivity contribution >= 4 is 43.7 Å². The molecule has 8 nitrogen and oxygen atoms in total. The SMILES string of the molecule is CCCN(CCSc1ccc(OCC(=O)O)c(C)c1)S(=O)(=O)c1cnc(OCC)c(Br)c1. The number of aliphatic carboxylic acids is 1. The summed E-state index contributed by atoms with van der Waals surface area (Å²) in [5.74, 6) is 0.394. The molecule has 11 heteroatoms. The number of benzene rings is 1. The van der Waals surface area contributed by atoms with Gasteiger partial charge < -0.3 is 14.6 Å². The van der Waals surface area contributed by atoms with Gasteiger partial charge in [0, 0.05) is 23.7 Å². The average Bonchev–Trinajstić information content (AvgIpc) is 2.73. The monoisotopic (exact) mass is 546 g/mol. The zero-order valence-electron chi connectivity index (χ0n) is 18.2. The van der Waals surface area contributed by atoms with Gasteiger partial charge in [-0.25, -0.2) is 18.2 Å². The van der Waals surface area contributed by atoms with E-state index in [2.05, 4.69) is 20.9 Å². The summed E-state index contributed by atoms with van der Waals surface area (Å²) in [4.78, 5) is 15.8. The minimum Gasteiger partial charge on any atom is -0.482 e. The Morgan fingerprint density at radius 2 is 1.97 bits per heavy atom. The number of hydrogen-bond donors (Lipinski definition) is 1. The Hall–Kier alpha value is -1.82. The zero-order chi connectivity index (χ0) is 23.7. The molecule has 0 atom stereocenters. The molecule has 2 rings (SSSR count). The van der Waals surface area contributed by atoms with Crippen LogP contribution in [0, 0.1) is 6.92 Å². The van der Waals surface area contributed by atoms with E-state index < -0.39 is 22.6 Å². The summed E-state index contributed by atoms with van der Waals surface area (Å²) in [5, 5.41) is 8.74. The first-order valence-corrected chi connectivity index (χ1v) is 13.3. The molecule has 1 N–H and O–H groups in total. The van der Waals surface area contributed by atoms with Crippen LogP contribution in [0.3, 0.4) is 0 Å². The van der Waals surface area contributed by atoms with Crippen molar-refractivity contribution in [1.29, 1.82) is 0 Å². The number of ether oxygens (including phenoxy) is 2. The number of hydrogen-bond acceptors (Lipinski definition) is 7. The smallest absolute Gasteiger partial charge is 0.341 e. The van der Waals surface area contributed by atoms with Crippen LogP contribution in [0.2, 0.25) is 0 Å². The van der Waals surface area contributed by atoms with Gasteiger partial charge in [0.1, 0.15) is 10.6 Å². The van der Waals surface area contributed by atoms with Crippen molar-refractivity contribution < 1.29 is 27.8 Å². The third kappa shape index (κ3) is 7.36. The molecule has 0 saturated carbocycles. The van der Waals surface area contributed by atoms with Gasteiger partial charge in [-0.05, 0) is 66.0 Å². The highest BCUT2D eigenvalue weighted by molar-refractivity contribution is 9.10. The summed E-state index contributed by atoms with van der Waals surface area (Å²) in [6, 6.07) is 6.97. The fourth-order valence-corrected chi connectivity index (χ4v) is 6.03. The highest BCUT2D eigenvalue weighted by Crippen LogP contribution is 2.28. The maximum Gasteiger partial charge on any atom is 0.341 e. The van der Waals surface area contributed by atoms with E-state index in [1.807, 2.05) is 32.9 Å². The van der Waals surface area contributed by atoms with Gasteiger partial charge in [0.25, 0.3) is 0 Å². The van der Waals surface area contributed by atoms with E-state index in [0.29, 0.717) is 48.0 Å². The van der Waals surface area contributed by atoms with Crippen molar-refractivity contribution in [1.82, 2.24) is 9.29 Å². The topological polar surface area (TPSA) is 106 Å². The molecule has 32 heavy (non-hydrogen) atoms. The standard InChI is InChI=1S/C21H27BrN2O6S2/c1-4-8-24(32(27,28)17-12-18(22)21(23-13-17)29-5-2)9-10-31-16-6-7-19(15(3)11-16)30-14-20(25)26/h6-7,11-13H,4-5,8-10,14H2,1-3H3,(H,25,26). The summed E-state index contributed by atoms with van der Waals surface area (Å²) in [6.45, 7) is 6.37. The lowest BCUT2D eigenvalue weighted by atomic mass is 10.2. The van der Waals surface area contributed by atoms with Crippen molar-refractivity contribution in [3.8, 4) is 11.6 Å². The molecule has 0 aliphatic carbocycles. The van der Waals surface area contributed by atoms with Gasteiger partial charge in [0.2, 0.25) is 15.9 Å². The molecule has 176 valence electrons. The highest BCUT2D eigenvalue weighted by Gasteiger charge is 2.25. The highest BCUT2D eigenvalue weighted by atomic mass is 79.9. The van der Waals surface area contributed by atoms with Gasteiger partial charge in [-0.2, -0.15) is 4.31 Å². The molecular formula is C21H27BrN2O6S2. The number of carboxylic acid groups (broad SMARTS) is 1. The van der Waals surface area contributed by atoms with E-state index in [4.69, 9.17) is 14.6 Å². The number of aromatic nitrogens is 1. The van der Waals surface area contributed by atoms with Crippen LogP contribution in [0.5, 0.6) is 11.6 Å². The molecule has 1 heterocycles. The van der Waals surface area contributed by atoms with Crippen LogP contribution < -0.4 is 9.47 Å². The number of rotatable bonds is 13. The summed E-state index contributed by atoms with van der Waals surface area (Å²) in [6.07, 6.45) is 2.00. The number of halogens is 1. The predicted octanol–water partition coefficient (Wildman–Crippen LogP) is 4.21. The molecular weight excluding hydrogens is 520 g/mol. The molecule has 0 bridgehead atoms. The Kier molecular flexibility index (Phi) is 10.3. The van der Waals surface area contributed by atoms with Crippen LogP contribution in [-0.2, 0) is 14.8 Å². The van der Waals surface area contributed by atoms with Gasteiger partial charge in [0.05, 0.1) is 17.3 Å². The first kappa shape index (κ1) is 26.4. The summed E-state index contributed by atoms with van der Waals surface area (Å²) >= 11 is 4.85. The minimum atomic E-state index is -3.71. The molecule has 0 aliphatic heterocycles. The maximum atomic E-state index is 13.2. The van der Waals surface area contributed by atoms with Crippen LogP contribution >= 0.6 is 27.7 Å². The molecule has 0 fully saturated rings. The molecule has 1 aromatic heterocycles. The number of pyridine rings is 1. The minimum absolute atomic E-state index is 0.113. The van der Waals surface area contributed by atoms with E-state index >= 15 is 0 Å². The number of nitrogens with zero attached hydrogens (tertiary/aromatic N) is 2. The third-order valence-electron chi connectivity index (χ3n) is 4.28. The molecule has 1 aromatic carbocycles. The van der Waals surface area contributed by atoms with E-state index in [9.17, 15) is 13.2 Å². The first-order valence-electron chi connectivity index (χ1n) is 10.1. The number of carboxylic acids is 1. The van der Waals surface area contributed by atoms with Gasteiger partial charge in [-0.3, -0.25) is 0 Å². The van der Waals surface area contributed by atoms with Crippen LogP contribution in [0.1, 0.15) is 25.8 Å². The number of aryl methyl sites for hydroxylation is 1. The maximum absolute atomic E-state index is 13.2. The molecule has 0 spiro atoms. The normalized spacial score (nSPS) is 11.5. The number of thioether (sulfide) groups is 1. The number of sulfonamides is 1. The second kappa shape index (κ2) is 12.4. The van der Waals surface area contributed by atoms with Gasteiger partial charge in [-0.15, -0.1) is 11.8 Å². The first-order chi connectivity index (χ1) is 15.2. The summed E-state index contributed by atoms with van der Waals surface area (Å²) in [5.41, 5.74) is 0.819. The van der Waals surface area contributed by atoms with E-state index in [1.165, 1.54) is 28.3 Å². The second-order valence-electron chi connectivity index (χ2n) is 6.75. The average molecular weight is 547 g/mol. The van der Waals surface area contributed by atoms with E-state index in [0.717, 1.165) is 10.5 Å². The number of carbonyl (C=O) groups is 1. The third-order valence-corrected chi connectivity index (χ3v) is 7.69. The largest absolute Gasteiger partial charge is 0.482 e. The van der Waals surface area contributed by atoms with E-state index in [-0.39, 0.29) is 4.90 Å². The molecule has 0 amide bonds. The van der Waals surface area contributed by atoms with Crippen molar-refractivity contribution in [3.05, 3.63) is 40.5 Å². The molecule has 0 saturated heterocycles. The van der Waals surface area contributed by atoms with Gasteiger partial charge >= 0.3 is 5.97 Å². The Morgan fingerprint density at radius 1 is 1.22 bits per heavy atom. The lowest BCUT2D eigenvalue weighted by Gasteiger charge is -2.21. The van der Waals surface area contributed by atoms with Gasteiger partial charge in [-0.1, -0.05) is 6.92 Å². The van der Waals surface area contributed by atoms with Crippen LogP contribution in [0.15, 0.2) is 44.7 Å². The second-order valence-corrected chi connectivity index (χ2v) is 10.7. The van der Waals surface area contributed by atoms with Crippen molar-refractivity contribution in [2.75, 3.05) is 32.1 Å². The predicted molar refractivity (Wildman–Crippen MR) is 127 cm³/mol. The van der Waals surface area contributed by atoms with Crippen LogP contribution in [0.4, 0.5) is 0 Å². The van der Waals surface area contributed by atoms with Crippen molar-refractivity contribution in [2.45, 2.75) is 37.0 Å². The van der Waals surface area contributed by atoms with Crippen molar-refractivity contribution in [2.24, 2.45) is 0 Å². The Balaban J connectivity index is 2.06. The summed E-state index contributed by atoms with van der Waals surface area (Å²) in [7, 11) is -3.71. The van der Waals surface area contributed by atoms with Gasteiger partial charge in [0.15, 0.2) is 6.61 Å². The lowest BCUT2D eigenvalue weighted by Crippen LogP contribution is -2.34. The van der Waals surface area contributed by atoms with E-state index in [1.54, 1.807) is 6.07 Å². The lowest BCUT2D eigenvalue weighted by molar-refractivity contribution is -0.139. The Morgan fingerprint density at radius 3 is 2.56 bits per heavy atom. The molecule has 2 aromatic rings. The fraction of sp³-hybridized carbons (Fsp3) is 0.429. The summed E-state index contributed by atoms with van der Waals surface area (Å²) < 4.78 is 38.9. The Bertz CT molecular complexity index is 1030. The zero-order valence-corrected chi connectivity index (χ0v) is 21.4. The van der Waals surface area contributed by atoms with Crippen molar-refractivity contribution in [3.63, 3.8) is 0 Å². The Labute approximate surface area is 201 Å². The quantitative estimate of drug-likeness (QED) is 0.372. The van der Waals surface area contributed by atoms with Crippen LogP contribution in [-0.4, -0.2) is 60.8 Å². The molecule has 0 unspecified atom stereocenters. The molecule has 0 radical (unpaired) electrons. The van der Waals surface area contributed by atoms with Crippen LogP contribution in [0.25, 0.3) is 0 Å². The molecule has 0 aliphatic rings. The fourth-order valence-electron chi connectivity index (χ4n) is 2.82.